The number of pyridine rings is 1. The van der Waals surface area contributed by atoms with Gasteiger partial charge in [0.1, 0.15) is 0 Å². The third-order valence-corrected chi connectivity index (χ3v) is 2.63. The number of nitrogens with two attached hydrogens (primary N) is 1. The molecule has 13 heavy (non-hydrogen) atoms. The lowest BCUT2D eigenvalue weighted by Gasteiger charge is -2.24. The third-order valence-electron chi connectivity index (χ3n) is 2.63. The zero-order valence-electron chi connectivity index (χ0n) is 7.69. The van der Waals surface area contributed by atoms with E-state index in [-0.39, 0.29) is 0 Å². The van der Waals surface area contributed by atoms with Crippen molar-refractivity contribution in [3.63, 3.8) is 0 Å². The quantitative estimate of drug-likeness (QED) is 0.733. The van der Waals surface area contributed by atoms with Gasteiger partial charge in [0.25, 0.3) is 0 Å². The maximum atomic E-state index is 5.70. The van der Waals surface area contributed by atoms with Gasteiger partial charge in [-0.1, -0.05) is 0 Å². The maximum absolute atomic E-state index is 5.70. The Morgan fingerprint density at radius 3 is 3.23 bits per heavy atom. The Kier molecular flexibility index (Phi) is 2.45. The van der Waals surface area contributed by atoms with Gasteiger partial charge in [0.2, 0.25) is 0 Å². The van der Waals surface area contributed by atoms with E-state index in [1.54, 1.807) is 6.20 Å². The molecule has 1 aromatic rings. The standard InChI is InChI=1S/C10H15N3/c11-7-9-4-2-6-13(9)10-3-1-5-12-8-10/h1,3,5,8-9H,2,4,6-7,11H2. The van der Waals surface area contributed by atoms with E-state index >= 15 is 0 Å². The van der Waals surface area contributed by atoms with E-state index in [4.69, 9.17) is 5.73 Å². The van der Waals surface area contributed by atoms with Gasteiger partial charge in [-0.05, 0) is 25.0 Å². The van der Waals surface area contributed by atoms with Crippen molar-refractivity contribution in [1.82, 2.24) is 4.98 Å². The lowest BCUT2D eigenvalue weighted by atomic mass is 10.2. The summed E-state index contributed by atoms with van der Waals surface area (Å²) < 4.78 is 0. The lowest BCUT2D eigenvalue weighted by Crippen LogP contribution is -2.35. The second-order valence-electron chi connectivity index (χ2n) is 3.44. The molecule has 1 aromatic heterocycles. The summed E-state index contributed by atoms with van der Waals surface area (Å²) in [6, 6.07) is 4.59. The molecule has 0 aliphatic carbocycles. The van der Waals surface area contributed by atoms with E-state index in [2.05, 4.69) is 16.0 Å². The Hall–Kier alpha value is -1.09. The molecule has 2 rings (SSSR count). The molecule has 0 saturated carbocycles. The van der Waals surface area contributed by atoms with E-state index in [1.807, 2.05) is 12.3 Å². The molecule has 3 nitrogen and oxygen atoms in total. The highest BCUT2D eigenvalue weighted by Gasteiger charge is 2.22. The molecule has 0 spiro atoms. The molecule has 1 fully saturated rings. The zero-order valence-corrected chi connectivity index (χ0v) is 7.69. The summed E-state index contributed by atoms with van der Waals surface area (Å²) in [5.41, 5.74) is 6.90. The number of rotatable bonds is 2. The topological polar surface area (TPSA) is 42.1 Å². The Morgan fingerprint density at radius 2 is 2.54 bits per heavy atom. The summed E-state index contributed by atoms with van der Waals surface area (Å²) in [6.07, 6.45) is 6.17. The summed E-state index contributed by atoms with van der Waals surface area (Å²) in [4.78, 5) is 6.47. The first-order valence-corrected chi connectivity index (χ1v) is 4.78. The van der Waals surface area contributed by atoms with Crippen LogP contribution in [0.3, 0.4) is 0 Å². The van der Waals surface area contributed by atoms with Crippen LogP contribution in [0.2, 0.25) is 0 Å². The Labute approximate surface area is 78.6 Å². The van der Waals surface area contributed by atoms with Crippen molar-refractivity contribution < 1.29 is 0 Å². The average molecular weight is 177 g/mol. The SMILES string of the molecule is NCC1CCCN1c1cccnc1. The van der Waals surface area contributed by atoms with Crippen molar-refractivity contribution in [1.29, 1.82) is 0 Å². The minimum atomic E-state index is 0.518. The van der Waals surface area contributed by atoms with Gasteiger partial charge in [-0.2, -0.15) is 0 Å². The van der Waals surface area contributed by atoms with Crippen molar-refractivity contribution in [2.75, 3.05) is 18.0 Å². The number of nitrogens with zero attached hydrogens (tertiary/aromatic N) is 2. The summed E-state index contributed by atoms with van der Waals surface area (Å²) in [5.74, 6) is 0. The predicted molar refractivity (Wildman–Crippen MR) is 53.7 cm³/mol. The second kappa shape index (κ2) is 3.75. The number of hydrogen-bond acceptors (Lipinski definition) is 3. The summed E-state index contributed by atoms with van der Waals surface area (Å²) in [5, 5.41) is 0. The van der Waals surface area contributed by atoms with E-state index in [0.717, 1.165) is 13.1 Å². The Morgan fingerprint density at radius 1 is 1.62 bits per heavy atom. The fraction of sp³-hybridized carbons (Fsp3) is 0.500. The van der Waals surface area contributed by atoms with Crippen LogP contribution in [0.1, 0.15) is 12.8 Å². The second-order valence-corrected chi connectivity index (χ2v) is 3.44. The molecule has 1 aliphatic heterocycles. The van der Waals surface area contributed by atoms with Crippen molar-refractivity contribution in [3.8, 4) is 0 Å². The largest absolute Gasteiger partial charge is 0.366 e. The summed E-state index contributed by atoms with van der Waals surface area (Å²) in [7, 11) is 0. The van der Waals surface area contributed by atoms with Crippen LogP contribution in [0, 0.1) is 0 Å². The molecule has 3 heteroatoms. The molecule has 0 amide bonds. The molecule has 0 aromatic carbocycles. The minimum Gasteiger partial charge on any atom is -0.366 e. The predicted octanol–water partition coefficient (Wildman–Crippen LogP) is 1.01. The normalized spacial score (nSPS) is 22.2. The van der Waals surface area contributed by atoms with Gasteiger partial charge in [0.15, 0.2) is 0 Å². The fourth-order valence-electron chi connectivity index (χ4n) is 1.94. The van der Waals surface area contributed by atoms with Crippen LogP contribution in [-0.4, -0.2) is 24.1 Å². The van der Waals surface area contributed by atoms with E-state index in [0.29, 0.717) is 6.04 Å². The van der Waals surface area contributed by atoms with Crippen LogP contribution in [0.15, 0.2) is 24.5 Å². The van der Waals surface area contributed by atoms with Crippen LogP contribution in [0.4, 0.5) is 5.69 Å². The van der Waals surface area contributed by atoms with E-state index in [9.17, 15) is 0 Å². The van der Waals surface area contributed by atoms with Crippen LogP contribution in [0.25, 0.3) is 0 Å². The molecule has 1 aliphatic rings. The summed E-state index contributed by atoms with van der Waals surface area (Å²) in [6.45, 7) is 1.86. The summed E-state index contributed by atoms with van der Waals surface area (Å²) >= 11 is 0. The van der Waals surface area contributed by atoms with E-state index < -0.39 is 0 Å². The first kappa shape index (κ1) is 8.51. The van der Waals surface area contributed by atoms with Crippen molar-refractivity contribution >= 4 is 5.69 Å². The number of anilines is 1. The highest BCUT2D eigenvalue weighted by Crippen LogP contribution is 2.23. The molecule has 1 atom stereocenters. The minimum absolute atomic E-state index is 0.518. The van der Waals surface area contributed by atoms with Gasteiger partial charge in [0.05, 0.1) is 11.9 Å². The molecule has 0 radical (unpaired) electrons. The molecule has 0 bridgehead atoms. The highest BCUT2D eigenvalue weighted by molar-refractivity contribution is 5.45. The van der Waals surface area contributed by atoms with Crippen molar-refractivity contribution in [2.45, 2.75) is 18.9 Å². The first-order chi connectivity index (χ1) is 6.42. The molecule has 1 saturated heterocycles. The first-order valence-electron chi connectivity index (χ1n) is 4.78. The monoisotopic (exact) mass is 177 g/mol. The van der Waals surface area contributed by atoms with Gasteiger partial charge in [0, 0.05) is 25.3 Å². The molecule has 2 heterocycles. The smallest absolute Gasteiger partial charge is 0.0555 e. The highest BCUT2D eigenvalue weighted by atomic mass is 15.2. The lowest BCUT2D eigenvalue weighted by molar-refractivity contribution is 0.676. The Balaban J connectivity index is 2.16. The molecule has 2 N–H and O–H groups in total. The van der Waals surface area contributed by atoms with E-state index in [1.165, 1.54) is 18.5 Å². The van der Waals surface area contributed by atoms with Gasteiger partial charge in [-0.15, -0.1) is 0 Å². The average Bonchev–Trinajstić information content (AvgIpc) is 2.67. The van der Waals surface area contributed by atoms with Crippen LogP contribution in [0.5, 0.6) is 0 Å². The number of aromatic nitrogens is 1. The molecular weight excluding hydrogens is 162 g/mol. The van der Waals surface area contributed by atoms with Crippen LogP contribution < -0.4 is 10.6 Å². The zero-order chi connectivity index (χ0) is 9.10. The molecule has 1 unspecified atom stereocenters. The van der Waals surface area contributed by atoms with Gasteiger partial charge in [-0.3, -0.25) is 4.98 Å². The third kappa shape index (κ3) is 1.65. The van der Waals surface area contributed by atoms with Crippen molar-refractivity contribution in [2.24, 2.45) is 5.73 Å². The molecular formula is C10H15N3. The maximum Gasteiger partial charge on any atom is 0.0555 e. The fourth-order valence-corrected chi connectivity index (χ4v) is 1.94. The van der Waals surface area contributed by atoms with Gasteiger partial charge in [-0.25, -0.2) is 0 Å². The van der Waals surface area contributed by atoms with Crippen LogP contribution >= 0.6 is 0 Å². The van der Waals surface area contributed by atoms with Crippen molar-refractivity contribution in [3.05, 3.63) is 24.5 Å². The molecule has 70 valence electrons. The number of hydrogen-bond donors (Lipinski definition) is 1. The Bertz CT molecular complexity index is 260. The van der Waals surface area contributed by atoms with Gasteiger partial charge >= 0.3 is 0 Å². The van der Waals surface area contributed by atoms with Gasteiger partial charge < -0.3 is 10.6 Å². The van der Waals surface area contributed by atoms with Crippen LogP contribution in [-0.2, 0) is 0 Å².